The van der Waals surface area contributed by atoms with E-state index >= 15 is 0 Å². The summed E-state index contributed by atoms with van der Waals surface area (Å²) in [4.78, 5) is 13.9. The Morgan fingerprint density at radius 1 is 1.22 bits per heavy atom. The Morgan fingerprint density at radius 3 is 2.26 bits per heavy atom. The summed E-state index contributed by atoms with van der Waals surface area (Å²) >= 11 is 0. The first-order valence-corrected chi connectivity index (χ1v) is 9.05. The number of halogens is 1. The molecular weight excluding hydrogens is 344 g/mol. The Hall–Kier alpha value is -0.450. The minimum Gasteiger partial charge on any atom is -0.373 e. The van der Waals surface area contributed by atoms with Gasteiger partial charge in [-0.3, -0.25) is 4.79 Å². The summed E-state index contributed by atoms with van der Waals surface area (Å²) in [6, 6.07) is 0. The molecule has 2 rings (SSSR count). The van der Waals surface area contributed by atoms with Crippen LogP contribution in [0.5, 0.6) is 0 Å². The molecule has 0 bridgehead atoms. The van der Waals surface area contributed by atoms with Crippen molar-refractivity contribution in [1.29, 1.82) is 0 Å². The monoisotopic (exact) mass is 370 g/mol. The van der Waals surface area contributed by atoms with Crippen LogP contribution >= 0.6 is 12.4 Å². The van der Waals surface area contributed by atoms with E-state index in [-0.39, 0.29) is 37.1 Å². The van der Waals surface area contributed by atoms with E-state index in [1.54, 1.807) is 4.90 Å². The zero-order valence-corrected chi connectivity index (χ0v) is 15.5. The van der Waals surface area contributed by atoms with Gasteiger partial charge in [-0.25, -0.2) is 0 Å². The Morgan fingerprint density at radius 2 is 1.74 bits per heavy atom. The predicted molar refractivity (Wildman–Crippen MR) is 89.8 cm³/mol. The van der Waals surface area contributed by atoms with E-state index in [0.29, 0.717) is 26.2 Å². The van der Waals surface area contributed by atoms with Crippen molar-refractivity contribution >= 4 is 28.5 Å². The lowest BCUT2D eigenvalue weighted by Crippen LogP contribution is -2.54. The van der Waals surface area contributed by atoms with Crippen LogP contribution in [0.2, 0.25) is 0 Å². The van der Waals surface area contributed by atoms with Crippen molar-refractivity contribution in [2.75, 3.05) is 52.9 Å². The van der Waals surface area contributed by atoms with Crippen LogP contribution in [-0.4, -0.2) is 92.9 Å². The first-order valence-electron chi connectivity index (χ1n) is 7.66. The van der Waals surface area contributed by atoms with E-state index in [1.807, 2.05) is 13.8 Å². The van der Waals surface area contributed by atoms with Crippen LogP contribution in [0.4, 0.5) is 0 Å². The van der Waals surface area contributed by atoms with Gasteiger partial charge in [-0.15, -0.1) is 12.4 Å². The van der Waals surface area contributed by atoms with Crippen LogP contribution in [0, 0.1) is 0 Å². The largest absolute Gasteiger partial charge is 0.373 e. The van der Waals surface area contributed by atoms with E-state index in [2.05, 4.69) is 5.32 Å². The first-order chi connectivity index (χ1) is 10.3. The van der Waals surface area contributed by atoms with Crippen molar-refractivity contribution in [1.82, 2.24) is 18.8 Å². The number of ether oxygens (including phenoxy) is 1. The zero-order chi connectivity index (χ0) is 16.3. The van der Waals surface area contributed by atoms with Gasteiger partial charge in [0.1, 0.15) is 0 Å². The summed E-state index contributed by atoms with van der Waals surface area (Å²) in [5.41, 5.74) is 0. The number of piperazine rings is 1. The molecule has 0 aromatic rings. The van der Waals surface area contributed by atoms with E-state index in [0.717, 1.165) is 17.4 Å². The molecule has 2 saturated heterocycles. The SMILES string of the molecule is CC1CN(S(=O)(=O)N(C)CC(=O)N2CCNCC2)CC(C)O1.Cl. The second-order valence-corrected chi connectivity index (χ2v) is 8.00. The van der Waals surface area contributed by atoms with E-state index in [1.165, 1.54) is 11.4 Å². The summed E-state index contributed by atoms with van der Waals surface area (Å²) in [6.45, 7) is 6.96. The quantitative estimate of drug-likeness (QED) is 0.695. The third-order valence-electron chi connectivity index (χ3n) is 3.93. The summed E-state index contributed by atoms with van der Waals surface area (Å²) in [5, 5.41) is 3.17. The molecule has 0 aliphatic carbocycles. The second kappa shape index (κ2) is 8.59. The fourth-order valence-electron chi connectivity index (χ4n) is 2.80. The molecule has 0 saturated carbocycles. The Bertz CT molecular complexity index is 488. The van der Waals surface area contributed by atoms with Crippen molar-refractivity contribution in [2.45, 2.75) is 26.1 Å². The Kier molecular flexibility index (Phi) is 7.69. The minimum atomic E-state index is -3.64. The van der Waals surface area contributed by atoms with Crippen LogP contribution in [0.3, 0.4) is 0 Å². The number of nitrogens with one attached hydrogen (secondary N) is 1. The van der Waals surface area contributed by atoms with Crippen LogP contribution in [0.1, 0.15) is 13.8 Å². The average molecular weight is 371 g/mol. The maximum atomic E-state index is 12.6. The average Bonchev–Trinajstić information content (AvgIpc) is 2.47. The Balaban J connectivity index is 0.00000264. The van der Waals surface area contributed by atoms with Crippen molar-refractivity contribution in [2.24, 2.45) is 0 Å². The number of morpholine rings is 1. The molecule has 10 heteroatoms. The van der Waals surface area contributed by atoms with Gasteiger partial charge in [0, 0.05) is 46.3 Å². The van der Waals surface area contributed by atoms with Gasteiger partial charge in [0.2, 0.25) is 5.91 Å². The molecule has 0 radical (unpaired) electrons. The molecular formula is C13H27ClN4O4S. The third kappa shape index (κ3) is 5.27. The second-order valence-electron chi connectivity index (χ2n) is 5.97. The summed E-state index contributed by atoms with van der Waals surface area (Å²) in [6.07, 6.45) is -0.286. The summed E-state index contributed by atoms with van der Waals surface area (Å²) in [7, 11) is -2.18. The molecule has 8 nitrogen and oxygen atoms in total. The fraction of sp³-hybridized carbons (Fsp3) is 0.923. The van der Waals surface area contributed by atoms with E-state index in [9.17, 15) is 13.2 Å². The van der Waals surface area contributed by atoms with E-state index in [4.69, 9.17) is 4.74 Å². The molecule has 2 unspecified atom stereocenters. The first kappa shape index (κ1) is 20.6. The number of carbonyl (C=O) groups is 1. The molecule has 2 fully saturated rings. The fourth-order valence-corrected chi connectivity index (χ4v) is 4.27. The number of hydrogen-bond acceptors (Lipinski definition) is 5. The van der Waals surface area contributed by atoms with Crippen molar-refractivity contribution in [3.8, 4) is 0 Å². The lowest BCUT2D eigenvalue weighted by Gasteiger charge is -2.36. The highest BCUT2D eigenvalue weighted by Crippen LogP contribution is 2.16. The molecule has 1 N–H and O–H groups in total. The molecule has 136 valence electrons. The number of rotatable bonds is 4. The van der Waals surface area contributed by atoms with Gasteiger partial charge >= 0.3 is 0 Å². The van der Waals surface area contributed by atoms with Gasteiger partial charge in [0.25, 0.3) is 10.2 Å². The van der Waals surface area contributed by atoms with Crippen LogP contribution < -0.4 is 5.32 Å². The van der Waals surface area contributed by atoms with Crippen molar-refractivity contribution in [3.05, 3.63) is 0 Å². The zero-order valence-electron chi connectivity index (χ0n) is 13.9. The summed E-state index contributed by atoms with van der Waals surface area (Å²) in [5.74, 6) is -0.151. The molecule has 0 aromatic carbocycles. The molecule has 0 spiro atoms. The number of hydrogen-bond donors (Lipinski definition) is 1. The maximum absolute atomic E-state index is 12.6. The molecule has 2 atom stereocenters. The lowest BCUT2D eigenvalue weighted by atomic mass is 10.3. The molecule has 2 heterocycles. The van der Waals surface area contributed by atoms with Gasteiger partial charge in [-0.1, -0.05) is 0 Å². The van der Waals surface area contributed by atoms with Gasteiger partial charge in [-0.2, -0.15) is 17.0 Å². The number of carbonyl (C=O) groups excluding carboxylic acids is 1. The molecule has 0 aromatic heterocycles. The van der Waals surface area contributed by atoms with Crippen molar-refractivity contribution in [3.63, 3.8) is 0 Å². The third-order valence-corrected chi connectivity index (χ3v) is 5.80. The van der Waals surface area contributed by atoms with Crippen LogP contribution in [0.25, 0.3) is 0 Å². The maximum Gasteiger partial charge on any atom is 0.282 e. The highest BCUT2D eigenvalue weighted by Gasteiger charge is 2.35. The van der Waals surface area contributed by atoms with Gasteiger partial charge in [0.05, 0.1) is 18.8 Å². The smallest absolute Gasteiger partial charge is 0.282 e. The Labute approximate surface area is 144 Å². The topological polar surface area (TPSA) is 82.2 Å². The summed E-state index contributed by atoms with van der Waals surface area (Å²) < 4.78 is 33.3. The number of amides is 1. The van der Waals surface area contributed by atoms with Gasteiger partial charge in [-0.05, 0) is 13.8 Å². The number of likely N-dealkylation sites (N-methyl/N-ethyl adjacent to an activating group) is 1. The van der Waals surface area contributed by atoms with Crippen LogP contribution in [-0.2, 0) is 19.7 Å². The highest BCUT2D eigenvalue weighted by molar-refractivity contribution is 7.86. The van der Waals surface area contributed by atoms with Gasteiger partial charge < -0.3 is 15.0 Å². The number of nitrogens with zero attached hydrogens (tertiary/aromatic N) is 3. The highest BCUT2D eigenvalue weighted by atomic mass is 35.5. The van der Waals surface area contributed by atoms with Crippen molar-refractivity contribution < 1.29 is 17.9 Å². The normalized spacial score (nSPS) is 26.9. The molecule has 2 aliphatic rings. The van der Waals surface area contributed by atoms with Crippen LogP contribution in [0.15, 0.2) is 0 Å². The predicted octanol–water partition coefficient (Wildman–Crippen LogP) is -0.874. The standard InChI is InChI=1S/C13H26N4O4S.ClH/c1-11-8-17(9-12(2)21-11)22(19,20)15(3)10-13(18)16-6-4-14-5-7-16;/h11-12,14H,4-10H2,1-3H3;1H. The molecule has 2 aliphatic heterocycles. The minimum absolute atomic E-state index is 0. The molecule has 23 heavy (non-hydrogen) atoms. The lowest BCUT2D eigenvalue weighted by molar-refractivity contribution is -0.131. The molecule has 1 amide bonds. The van der Waals surface area contributed by atoms with Gasteiger partial charge in [0.15, 0.2) is 0 Å². The van der Waals surface area contributed by atoms with E-state index < -0.39 is 10.2 Å².